The van der Waals surface area contributed by atoms with Gasteiger partial charge in [0.15, 0.2) is 6.61 Å². The molecule has 3 amide bonds. The zero-order chi connectivity index (χ0) is 24.6. The molecule has 2 fully saturated rings. The van der Waals surface area contributed by atoms with Crippen LogP contribution in [-0.4, -0.2) is 75.2 Å². The van der Waals surface area contributed by atoms with Crippen LogP contribution >= 0.6 is 0 Å². The molecule has 2 aliphatic heterocycles. The standard InChI is InChI=1S/C26H32N4O5/c1-19-3-2-4-21(15-19)28-24(31)18-35-23-7-5-22(6-8-23)30-17-20(16-25(30)32)26(33)27-9-10-29-11-13-34-14-12-29/h2-8,15,20H,9-14,16-18H2,1H3,(H,27,33)(H,28,31)/t20-/m0/s1. The van der Waals surface area contributed by atoms with E-state index in [1.54, 1.807) is 29.2 Å². The summed E-state index contributed by atoms with van der Waals surface area (Å²) >= 11 is 0. The molecule has 0 bridgehead atoms. The Morgan fingerprint density at radius 3 is 2.63 bits per heavy atom. The number of anilines is 2. The van der Waals surface area contributed by atoms with Gasteiger partial charge in [0.2, 0.25) is 11.8 Å². The van der Waals surface area contributed by atoms with E-state index in [4.69, 9.17) is 9.47 Å². The third kappa shape index (κ3) is 7.03. The van der Waals surface area contributed by atoms with E-state index in [2.05, 4.69) is 15.5 Å². The summed E-state index contributed by atoms with van der Waals surface area (Å²) in [6.07, 6.45) is 0.195. The van der Waals surface area contributed by atoms with Gasteiger partial charge in [-0.1, -0.05) is 12.1 Å². The molecule has 4 rings (SSSR count). The molecule has 2 aromatic carbocycles. The number of benzene rings is 2. The number of ether oxygens (including phenoxy) is 2. The van der Waals surface area contributed by atoms with Crippen LogP contribution in [0, 0.1) is 12.8 Å². The lowest BCUT2D eigenvalue weighted by atomic mass is 10.1. The van der Waals surface area contributed by atoms with Gasteiger partial charge in [0.1, 0.15) is 5.75 Å². The molecule has 9 nitrogen and oxygen atoms in total. The number of rotatable bonds is 9. The van der Waals surface area contributed by atoms with E-state index >= 15 is 0 Å². The van der Waals surface area contributed by atoms with Gasteiger partial charge >= 0.3 is 0 Å². The molecule has 9 heteroatoms. The molecular weight excluding hydrogens is 448 g/mol. The second-order valence-corrected chi connectivity index (χ2v) is 8.85. The van der Waals surface area contributed by atoms with E-state index in [0.717, 1.165) is 44.1 Å². The lowest BCUT2D eigenvalue weighted by Crippen LogP contribution is -2.42. The van der Waals surface area contributed by atoms with Crippen LogP contribution in [0.5, 0.6) is 5.75 Å². The van der Waals surface area contributed by atoms with Gasteiger partial charge in [-0.2, -0.15) is 0 Å². The predicted molar refractivity (Wildman–Crippen MR) is 132 cm³/mol. The molecule has 2 saturated heterocycles. The van der Waals surface area contributed by atoms with Gasteiger partial charge in [0.05, 0.1) is 19.1 Å². The summed E-state index contributed by atoms with van der Waals surface area (Å²) in [5.74, 6) is -0.263. The first-order valence-corrected chi connectivity index (χ1v) is 12.0. The molecule has 2 N–H and O–H groups in total. The van der Waals surface area contributed by atoms with Crippen LogP contribution in [0.3, 0.4) is 0 Å². The second-order valence-electron chi connectivity index (χ2n) is 8.85. The third-order valence-electron chi connectivity index (χ3n) is 6.15. The van der Waals surface area contributed by atoms with Crippen LogP contribution in [0.25, 0.3) is 0 Å². The molecule has 0 spiro atoms. The number of morpholine rings is 1. The lowest BCUT2D eigenvalue weighted by molar-refractivity contribution is -0.126. The van der Waals surface area contributed by atoms with Crippen molar-refractivity contribution in [2.24, 2.45) is 5.92 Å². The Hall–Kier alpha value is -3.43. The average molecular weight is 481 g/mol. The number of carbonyl (C=O) groups excluding carboxylic acids is 3. The number of hydrogen-bond acceptors (Lipinski definition) is 6. The maximum Gasteiger partial charge on any atom is 0.262 e. The minimum Gasteiger partial charge on any atom is -0.484 e. The largest absolute Gasteiger partial charge is 0.484 e. The maximum absolute atomic E-state index is 12.6. The van der Waals surface area contributed by atoms with Crippen LogP contribution in [0.2, 0.25) is 0 Å². The molecule has 2 heterocycles. The fraction of sp³-hybridized carbons (Fsp3) is 0.423. The molecule has 0 saturated carbocycles. The quantitative estimate of drug-likeness (QED) is 0.568. The molecule has 0 radical (unpaired) electrons. The zero-order valence-electron chi connectivity index (χ0n) is 20.0. The minimum absolute atomic E-state index is 0.0791. The number of nitrogens with one attached hydrogen (secondary N) is 2. The monoisotopic (exact) mass is 480 g/mol. The highest BCUT2D eigenvalue weighted by atomic mass is 16.5. The van der Waals surface area contributed by atoms with Crippen molar-refractivity contribution in [1.82, 2.24) is 10.2 Å². The van der Waals surface area contributed by atoms with Crippen LogP contribution < -0.4 is 20.3 Å². The van der Waals surface area contributed by atoms with E-state index in [1.165, 1.54) is 0 Å². The van der Waals surface area contributed by atoms with E-state index in [-0.39, 0.29) is 36.7 Å². The fourth-order valence-electron chi connectivity index (χ4n) is 4.23. The van der Waals surface area contributed by atoms with Gasteiger partial charge < -0.3 is 25.0 Å². The first kappa shape index (κ1) is 24.7. The smallest absolute Gasteiger partial charge is 0.262 e. The highest BCUT2D eigenvalue weighted by Crippen LogP contribution is 2.27. The van der Waals surface area contributed by atoms with Crippen molar-refractivity contribution in [3.63, 3.8) is 0 Å². The second kappa shape index (κ2) is 11.8. The molecule has 1 atom stereocenters. The summed E-state index contributed by atoms with van der Waals surface area (Å²) in [5.41, 5.74) is 2.49. The van der Waals surface area contributed by atoms with Crippen LogP contribution in [0.15, 0.2) is 48.5 Å². The minimum atomic E-state index is -0.367. The van der Waals surface area contributed by atoms with Gasteiger partial charge in [0, 0.05) is 50.5 Å². The first-order chi connectivity index (χ1) is 17.0. The number of amides is 3. The highest BCUT2D eigenvalue weighted by Gasteiger charge is 2.35. The third-order valence-corrected chi connectivity index (χ3v) is 6.15. The van der Waals surface area contributed by atoms with Gasteiger partial charge in [-0.3, -0.25) is 19.3 Å². The van der Waals surface area contributed by atoms with Crippen molar-refractivity contribution in [3.05, 3.63) is 54.1 Å². The van der Waals surface area contributed by atoms with E-state index in [9.17, 15) is 14.4 Å². The van der Waals surface area contributed by atoms with Crippen molar-refractivity contribution in [1.29, 1.82) is 0 Å². The van der Waals surface area contributed by atoms with E-state index in [1.807, 2.05) is 31.2 Å². The van der Waals surface area contributed by atoms with Crippen molar-refractivity contribution < 1.29 is 23.9 Å². The van der Waals surface area contributed by atoms with E-state index in [0.29, 0.717) is 24.5 Å². The molecule has 186 valence electrons. The predicted octanol–water partition coefficient (Wildman–Crippen LogP) is 1.81. The van der Waals surface area contributed by atoms with Gasteiger partial charge in [-0.15, -0.1) is 0 Å². The topological polar surface area (TPSA) is 100 Å². The molecule has 0 aromatic heterocycles. The summed E-state index contributed by atoms with van der Waals surface area (Å²) < 4.78 is 10.9. The molecule has 2 aliphatic rings. The normalized spacial score (nSPS) is 18.4. The molecule has 2 aromatic rings. The maximum atomic E-state index is 12.6. The Morgan fingerprint density at radius 2 is 1.89 bits per heavy atom. The van der Waals surface area contributed by atoms with Crippen LogP contribution in [0.1, 0.15) is 12.0 Å². The molecule has 0 aliphatic carbocycles. The number of carbonyl (C=O) groups is 3. The van der Waals surface area contributed by atoms with E-state index < -0.39 is 0 Å². The molecular formula is C26H32N4O5. The number of nitrogens with zero attached hydrogens (tertiary/aromatic N) is 2. The fourth-order valence-corrected chi connectivity index (χ4v) is 4.23. The van der Waals surface area contributed by atoms with Crippen LogP contribution in [0.4, 0.5) is 11.4 Å². The molecule has 35 heavy (non-hydrogen) atoms. The summed E-state index contributed by atoms with van der Waals surface area (Å²) in [6.45, 7) is 6.74. The van der Waals surface area contributed by atoms with Crippen LogP contribution in [-0.2, 0) is 19.1 Å². The zero-order valence-corrected chi connectivity index (χ0v) is 20.0. The Morgan fingerprint density at radius 1 is 1.11 bits per heavy atom. The first-order valence-electron chi connectivity index (χ1n) is 12.0. The van der Waals surface area contributed by atoms with Gasteiger partial charge in [-0.05, 0) is 48.9 Å². The summed E-state index contributed by atoms with van der Waals surface area (Å²) in [7, 11) is 0. The van der Waals surface area contributed by atoms with Crippen molar-refractivity contribution in [2.45, 2.75) is 13.3 Å². The Balaban J connectivity index is 1.22. The van der Waals surface area contributed by atoms with Gasteiger partial charge in [-0.25, -0.2) is 0 Å². The van der Waals surface area contributed by atoms with Crippen molar-refractivity contribution in [2.75, 3.05) is 62.8 Å². The summed E-state index contributed by atoms with van der Waals surface area (Å²) in [4.78, 5) is 41.1. The highest BCUT2D eigenvalue weighted by molar-refractivity contribution is 6.00. The van der Waals surface area contributed by atoms with Crippen molar-refractivity contribution in [3.8, 4) is 5.75 Å². The Bertz CT molecular complexity index is 1040. The number of aryl methyl sites for hydroxylation is 1. The summed E-state index contributed by atoms with van der Waals surface area (Å²) in [5, 5.41) is 5.76. The Kier molecular flexibility index (Phi) is 8.33. The van der Waals surface area contributed by atoms with Gasteiger partial charge in [0.25, 0.3) is 5.91 Å². The summed E-state index contributed by atoms with van der Waals surface area (Å²) in [6, 6.07) is 14.5. The molecule has 0 unspecified atom stereocenters. The lowest BCUT2D eigenvalue weighted by Gasteiger charge is -2.26. The average Bonchev–Trinajstić information content (AvgIpc) is 3.25. The van der Waals surface area contributed by atoms with Crippen molar-refractivity contribution >= 4 is 29.1 Å². The SMILES string of the molecule is Cc1cccc(NC(=O)COc2ccc(N3C[C@@H](C(=O)NCCN4CCOCC4)CC3=O)cc2)c1. The Labute approximate surface area is 205 Å². The number of hydrogen-bond donors (Lipinski definition) is 2.